The van der Waals surface area contributed by atoms with E-state index in [0.29, 0.717) is 6.54 Å². The van der Waals surface area contributed by atoms with Gasteiger partial charge in [-0.3, -0.25) is 4.68 Å². The lowest BCUT2D eigenvalue weighted by molar-refractivity contribution is 0.581. The molecule has 0 radical (unpaired) electrons. The lowest BCUT2D eigenvalue weighted by Crippen LogP contribution is -2.24. The molecule has 0 aliphatic carbocycles. The van der Waals surface area contributed by atoms with Crippen molar-refractivity contribution >= 4 is 15.8 Å². The van der Waals surface area contributed by atoms with E-state index in [0.717, 1.165) is 11.1 Å². The first-order valence-corrected chi connectivity index (χ1v) is 7.79. The van der Waals surface area contributed by atoms with Crippen molar-refractivity contribution in [3.05, 3.63) is 41.6 Å². The molecule has 2 aromatic rings. The van der Waals surface area contributed by atoms with Crippen LogP contribution in [0.5, 0.6) is 0 Å². The van der Waals surface area contributed by atoms with Crippen LogP contribution in [-0.4, -0.2) is 18.2 Å². The van der Waals surface area contributed by atoms with Crippen LogP contribution in [0.15, 0.2) is 35.4 Å². The Bertz CT molecular complexity index is 707. The van der Waals surface area contributed by atoms with Crippen molar-refractivity contribution < 1.29 is 8.42 Å². The quantitative estimate of drug-likeness (QED) is 0.869. The molecular weight excluding hydrogens is 276 g/mol. The summed E-state index contributed by atoms with van der Waals surface area (Å²) in [5.41, 5.74) is 7.61. The van der Waals surface area contributed by atoms with Gasteiger partial charge >= 0.3 is 0 Å². The lowest BCUT2D eigenvalue weighted by Gasteiger charge is -2.07. The van der Waals surface area contributed by atoms with E-state index in [-0.39, 0.29) is 17.3 Å². The monoisotopic (exact) mass is 294 g/mol. The minimum atomic E-state index is -3.65. The third kappa shape index (κ3) is 3.00. The van der Waals surface area contributed by atoms with Gasteiger partial charge in [-0.15, -0.1) is 0 Å². The molecule has 108 valence electrons. The molecule has 1 heterocycles. The van der Waals surface area contributed by atoms with Crippen LogP contribution >= 0.6 is 0 Å². The number of aryl methyl sites for hydroxylation is 2. The van der Waals surface area contributed by atoms with Gasteiger partial charge in [-0.05, 0) is 25.0 Å². The molecule has 0 unspecified atom stereocenters. The second-order valence-electron chi connectivity index (χ2n) is 4.49. The summed E-state index contributed by atoms with van der Waals surface area (Å²) in [5.74, 6) is 0.0177. The lowest BCUT2D eigenvalue weighted by atomic mass is 10.1. The Morgan fingerprint density at radius 2 is 2.05 bits per heavy atom. The smallest absolute Gasteiger partial charge is 0.246 e. The number of aromatic nitrogens is 2. The molecule has 2 rings (SSSR count). The molecular formula is C13H18N4O2S. The largest absolute Gasteiger partial charge is 0.381 e. The first-order valence-electron chi connectivity index (χ1n) is 6.31. The Morgan fingerprint density at radius 3 is 2.65 bits per heavy atom. The van der Waals surface area contributed by atoms with E-state index < -0.39 is 10.0 Å². The number of nitrogens with one attached hydrogen (secondary N) is 1. The van der Waals surface area contributed by atoms with E-state index in [1.807, 2.05) is 38.1 Å². The van der Waals surface area contributed by atoms with Gasteiger partial charge in [0.25, 0.3) is 0 Å². The van der Waals surface area contributed by atoms with E-state index in [4.69, 9.17) is 5.73 Å². The van der Waals surface area contributed by atoms with Crippen molar-refractivity contribution in [3.8, 4) is 0 Å². The zero-order valence-electron chi connectivity index (χ0n) is 11.5. The number of nitrogen functional groups attached to an aromatic ring is 1. The molecule has 1 aromatic carbocycles. The first-order chi connectivity index (χ1) is 9.44. The molecule has 0 aliphatic rings. The third-order valence-electron chi connectivity index (χ3n) is 3.08. The van der Waals surface area contributed by atoms with Crippen molar-refractivity contribution in [2.45, 2.75) is 31.8 Å². The number of nitrogens with two attached hydrogens (primary N) is 1. The van der Waals surface area contributed by atoms with Crippen LogP contribution in [0.2, 0.25) is 0 Å². The van der Waals surface area contributed by atoms with Crippen molar-refractivity contribution in [2.75, 3.05) is 5.73 Å². The summed E-state index contributed by atoms with van der Waals surface area (Å²) in [7, 11) is -3.65. The molecule has 0 bridgehead atoms. The normalized spacial score (nSPS) is 11.7. The number of hydrogen-bond donors (Lipinski definition) is 2. The summed E-state index contributed by atoms with van der Waals surface area (Å²) in [5, 5.41) is 3.94. The van der Waals surface area contributed by atoms with Gasteiger partial charge in [-0.1, -0.05) is 24.3 Å². The Kier molecular flexibility index (Phi) is 4.10. The van der Waals surface area contributed by atoms with Gasteiger partial charge in [-0.25, -0.2) is 13.1 Å². The molecule has 7 heteroatoms. The highest BCUT2D eigenvalue weighted by Gasteiger charge is 2.20. The van der Waals surface area contributed by atoms with Gasteiger partial charge in [0.15, 0.2) is 5.82 Å². The molecule has 0 spiro atoms. The highest BCUT2D eigenvalue weighted by Crippen LogP contribution is 2.17. The van der Waals surface area contributed by atoms with Crippen molar-refractivity contribution in [1.82, 2.24) is 14.5 Å². The molecule has 0 atom stereocenters. The predicted octanol–water partition coefficient (Wildman–Crippen LogP) is 1.27. The number of benzene rings is 1. The van der Waals surface area contributed by atoms with Crippen LogP contribution in [0.1, 0.15) is 18.1 Å². The molecule has 6 nitrogen and oxygen atoms in total. The number of anilines is 1. The Labute approximate surface area is 118 Å². The molecule has 0 saturated heterocycles. The minimum Gasteiger partial charge on any atom is -0.381 e. The van der Waals surface area contributed by atoms with Crippen LogP contribution < -0.4 is 10.5 Å². The molecule has 0 fully saturated rings. The SMILES string of the molecule is CCn1cc(S(=O)(=O)NCc2ccccc2C)c(N)n1. The summed E-state index contributed by atoms with van der Waals surface area (Å²) < 4.78 is 28.5. The molecule has 0 aliphatic heterocycles. The minimum absolute atomic E-state index is 0.0177. The van der Waals surface area contributed by atoms with Crippen LogP contribution in [0, 0.1) is 6.92 Å². The molecule has 0 amide bonds. The van der Waals surface area contributed by atoms with Crippen LogP contribution in [-0.2, 0) is 23.1 Å². The van der Waals surface area contributed by atoms with E-state index in [1.165, 1.54) is 10.9 Å². The summed E-state index contributed by atoms with van der Waals surface area (Å²) in [6.45, 7) is 4.60. The van der Waals surface area contributed by atoms with E-state index in [1.54, 1.807) is 0 Å². The van der Waals surface area contributed by atoms with E-state index in [2.05, 4.69) is 9.82 Å². The summed E-state index contributed by atoms with van der Waals surface area (Å²) >= 11 is 0. The highest BCUT2D eigenvalue weighted by atomic mass is 32.2. The number of hydrogen-bond acceptors (Lipinski definition) is 4. The first kappa shape index (κ1) is 14.5. The second kappa shape index (κ2) is 5.64. The van der Waals surface area contributed by atoms with Gasteiger partial charge < -0.3 is 5.73 Å². The van der Waals surface area contributed by atoms with Crippen LogP contribution in [0.25, 0.3) is 0 Å². The second-order valence-corrected chi connectivity index (χ2v) is 6.22. The summed E-state index contributed by atoms with van der Waals surface area (Å²) in [6, 6.07) is 7.61. The van der Waals surface area contributed by atoms with Gasteiger partial charge in [0.1, 0.15) is 4.90 Å². The van der Waals surface area contributed by atoms with Gasteiger partial charge in [0.2, 0.25) is 10.0 Å². The zero-order chi connectivity index (χ0) is 14.8. The topological polar surface area (TPSA) is 90.0 Å². The maximum atomic E-state index is 12.2. The van der Waals surface area contributed by atoms with Crippen molar-refractivity contribution in [2.24, 2.45) is 0 Å². The Balaban J connectivity index is 2.19. The van der Waals surface area contributed by atoms with Crippen molar-refractivity contribution in [1.29, 1.82) is 0 Å². The zero-order valence-corrected chi connectivity index (χ0v) is 12.3. The van der Waals surface area contributed by atoms with Gasteiger partial charge in [0.05, 0.1) is 0 Å². The molecule has 1 aromatic heterocycles. The molecule has 3 N–H and O–H groups in total. The fourth-order valence-electron chi connectivity index (χ4n) is 1.85. The standard InChI is InChI=1S/C13H18N4O2S/c1-3-17-9-12(13(14)16-17)20(18,19)15-8-11-7-5-4-6-10(11)2/h4-7,9,15H,3,8H2,1-2H3,(H2,14,16). The van der Waals surface area contributed by atoms with E-state index in [9.17, 15) is 8.42 Å². The van der Waals surface area contributed by atoms with Gasteiger partial charge in [-0.2, -0.15) is 5.10 Å². The van der Waals surface area contributed by atoms with Crippen molar-refractivity contribution in [3.63, 3.8) is 0 Å². The highest BCUT2D eigenvalue weighted by molar-refractivity contribution is 7.89. The molecule has 20 heavy (non-hydrogen) atoms. The maximum Gasteiger partial charge on any atom is 0.246 e. The van der Waals surface area contributed by atoms with Gasteiger partial charge in [0, 0.05) is 19.3 Å². The number of sulfonamides is 1. The van der Waals surface area contributed by atoms with Crippen LogP contribution in [0.3, 0.4) is 0 Å². The maximum absolute atomic E-state index is 12.2. The summed E-state index contributed by atoms with van der Waals surface area (Å²) in [4.78, 5) is 0.0212. The average molecular weight is 294 g/mol. The molecule has 0 saturated carbocycles. The predicted molar refractivity (Wildman–Crippen MR) is 77.5 cm³/mol. The number of nitrogens with zero attached hydrogens (tertiary/aromatic N) is 2. The Hall–Kier alpha value is -1.86. The fourth-order valence-corrected chi connectivity index (χ4v) is 2.92. The van der Waals surface area contributed by atoms with E-state index >= 15 is 0 Å². The average Bonchev–Trinajstić information content (AvgIpc) is 2.80. The number of rotatable bonds is 5. The third-order valence-corrected chi connectivity index (χ3v) is 4.50. The summed E-state index contributed by atoms with van der Waals surface area (Å²) in [6.07, 6.45) is 1.44. The van der Waals surface area contributed by atoms with Crippen LogP contribution in [0.4, 0.5) is 5.82 Å². The fraction of sp³-hybridized carbons (Fsp3) is 0.308. The Morgan fingerprint density at radius 1 is 1.35 bits per heavy atom.